The molecule has 0 amide bonds. The SMILES string of the molecule is CN=C(NCc1ccc(OC)c(C(=O)OC)c1)N(C)CCc1cccs1.I. The van der Waals surface area contributed by atoms with E-state index in [4.69, 9.17) is 9.47 Å². The average molecular weight is 503 g/mol. The van der Waals surface area contributed by atoms with Crippen molar-refractivity contribution in [2.75, 3.05) is 34.9 Å². The lowest BCUT2D eigenvalue weighted by atomic mass is 10.1. The Balaban J connectivity index is 0.00000364. The number of aliphatic imine (C=N–C) groups is 1. The van der Waals surface area contributed by atoms with Crippen LogP contribution >= 0.6 is 35.3 Å². The van der Waals surface area contributed by atoms with E-state index in [2.05, 4.69) is 32.7 Å². The Kier molecular flexibility index (Phi) is 10.2. The summed E-state index contributed by atoms with van der Waals surface area (Å²) in [4.78, 5) is 19.7. The fourth-order valence-electron chi connectivity index (χ4n) is 2.54. The van der Waals surface area contributed by atoms with Gasteiger partial charge < -0.3 is 19.7 Å². The molecule has 1 heterocycles. The number of likely N-dealkylation sites (N-methyl/N-ethyl adjacent to an activating group) is 1. The highest BCUT2D eigenvalue weighted by molar-refractivity contribution is 14.0. The van der Waals surface area contributed by atoms with Gasteiger partial charge in [-0.15, -0.1) is 35.3 Å². The number of hydrogen-bond acceptors (Lipinski definition) is 5. The smallest absolute Gasteiger partial charge is 0.341 e. The molecule has 0 saturated heterocycles. The first kappa shape index (κ1) is 23.2. The lowest BCUT2D eigenvalue weighted by molar-refractivity contribution is 0.0597. The van der Waals surface area contributed by atoms with Crippen molar-refractivity contribution in [2.24, 2.45) is 4.99 Å². The minimum absolute atomic E-state index is 0. The van der Waals surface area contributed by atoms with Crippen LogP contribution in [0.2, 0.25) is 0 Å². The van der Waals surface area contributed by atoms with Crippen LogP contribution < -0.4 is 10.1 Å². The topological polar surface area (TPSA) is 63.2 Å². The molecule has 0 atom stereocenters. The maximum Gasteiger partial charge on any atom is 0.341 e. The van der Waals surface area contributed by atoms with Crippen molar-refractivity contribution in [3.63, 3.8) is 0 Å². The predicted octanol–water partition coefficient (Wildman–Crippen LogP) is 3.41. The van der Waals surface area contributed by atoms with Crippen molar-refractivity contribution in [3.8, 4) is 5.75 Å². The van der Waals surface area contributed by atoms with Gasteiger partial charge in [-0.25, -0.2) is 4.79 Å². The van der Waals surface area contributed by atoms with E-state index in [0.29, 0.717) is 17.9 Å². The number of halogens is 1. The van der Waals surface area contributed by atoms with Crippen LogP contribution in [0.15, 0.2) is 40.7 Å². The third kappa shape index (κ3) is 6.69. The molecule has 0 aliphatic heterocycles. The van der Waals surface area contributed by atoms with Gasteiger partial charge in [0.05, 0.1) is 14.2 Å². The number of nitrogens with one attached hydrogen (secondary N) is 1. The molecule has 0 fully saturated rings. The standard InChI is InChI=1S/C19H25N3O3S.HI/c1-20-19(22(2)10-9-15-6-5-11-26-15)21-13-14-7-8-17(24-3)16(12-14)18(23)25-4;/h5-8,11-12H,9-10,13H2,1-4H3,(H,20,21);1H. The molecule has 0 radical (unpaired) electrons. The molecule has 0 aliphatic carbocycles. The van der Waals surface area contributed by atoms with Gasteiger partial charge in [-0.2, -0.15) is 0 Å². The molecular formula is C19H26IN3O3S. The highest BCUT2D eigenvalue weighted by Gasteiger charge is 2.14. The molecule has 0 spiro atoms. The number of ether oxygens (including phenoxy) is 2. The number of nitrogens with zero attached hydrogens (tertiary/aromatic N) is 2. The largest absolute Gasteiger partial charge is 0.496 e. The first-order valence-corrected chi connectivity index (χ1v) is 9.16. The van der Waals surface area contributed by atoms with Crippen LogP contribution in [0.4, 0.5) is 0 Å². The molecule has 27 heavy (non-hydrogen) atoms. The molecule has 148 valence electrons. The van der Waals surface area contributed by atoms with Crippen molar-refractivity contribution >= 4 is 47.2 Å². The minimum Gasteiger partial charge on any atom is -0.496 e. The third-order valence-corrected chi connectivity index (χ3v) is 4.90. The Morgan fingerprint density at radius 1 is 1.30 bits per heavy atom. The zero-order chi connectivity index (χ0) is 18.9. The molecule has 1 aromatic heterocycles. The van der Waals surface area contributed by atoms with E-state index in [1.165, 1.54) is 19.1 Å². The molecule has 0 bridgehead atoms. The summed E-state index contributed by atoms with van der Waals surface area (Å²) in [6.45, 7) is 1.42. The van der Waals surface area contributed by atoms with Crippen LogP contribution in [0.25, 0.3) is 0 Å². The highest BCUT2D eigenvalue weighted by atomic mass is 127. The summed E-state index contributed by atoms with van der Waals surface area (Å²) in [6, 6.07) is 9.66. The number of benzene rings is 1. The molecule has 2 rings (SSSR count). The first-order valence-electron chi connectivity index (χ1n) is 8.28. The predicted molar refractivity (Wildman–Crippen MR) is 121 cm³/mol. The Labute approximate surface area is 181 Å². The van der Waals surface area contributed by atoms with Gasteiger partial charge >= 0.3 is 5.97 Å². The normalized spacial score (nSPS) is 10.7. The fourth-order valence-corrected chi connectivity index (χ4v) is 3.24. The van der Waals surface area contributed by atoms with Crippen molar-refractivity contribution in [1.82, 2.24) is 10.2 Å². The van der Waals surface area contributed by atoms with E-state index in [-0.39, 0.29) is 24.0 Å². The zero-order valence-corrected chi connectivity index (χ0v) is 19.2. The van der Waals surface area contributed by atoms with E-state index < -0.39 is 5.97 Å². The summed E-state index contributed by atoms with van der Waals surface area (Å²) < 4.78 is 10.0. The van der Waals surface area contributed by atoms with E-state index >= 15 is 0 Å². The van der Waals surface area contributed by atoms with Crippen LogP contribution in [0, 0.1) is 0 Å². The molecule has 1 aromatic carbocycles. The molecule has 0 saturated carbocycles. The van der Waals surface area contributed by atoms with Crippen LogP contribution in [0.1, 0.15) is 20.8 Å². The van der Waals surface area contributed by atoms with E-state index in [1.54, 1.807) is 30.5 Å². The summed E-state index contributed by atoms with van der Waals surface area (Å²) in [5.74, 6) is 0.885. The first-order chi connectivity index (χ1) is 12.6. The number of esters is 1. The second kappa shape index (κ2) is 11.8. The Bertz CT molecular complexity index is 751. The molecule has 8 heteroatoms. The Hall–Kier alpha value is -1.81. The number of thiophene rings is 1. The maximum atomic E-state index is 11.9. The fraction of sp³-hybridized carbons (Fsp3) is 0.368. The molecule has 1 N–H and O–H groups in total. The van der Waals surface area contributed by atoms with Gasteiger partial charge in [-0.05, 0) is 35.6 Å². The zero-order valence-electron chi connectivity index (χ0n) is 16.0. The van der Waals surface area contributed by atoms with E-state index in [1.807, 2.05) is 13.1 Å². The number of rotatable bonds is 7. The quantitative estimate of drug-likeness (QED) is 0.272. The Morgan fingerprint density at radius 2 is 2.07 bits per heavy atom. The minimum atomic E-state index is -0.416. The monoisotopic (exact) mass is 503 g/mol. The summed E-state index contributed by atoms with van der Waals surface area (Å²) in [5.41, 5.74) is 1.36. The summed E-state index contributed by atoms with van der Waals surface area (Å²) in [7, 11) is 6.66. The van der Waals surface area contributed by atoms with Crippen molar-refractivity contribution < 1.29 is 14.3 Å². The van der Waals surface area contributed by atoms with Gasteiger partial charge in [0.25, 0.3) is 0 Å². The molecule has 0 aliphatic rings. The highest BCUT2D eigenvalue weighted by Crippen LogP contribution is 2.20. The molecule has 2 aromatic rings. The number of hydrogen-bond donors (Lipinski definition) is 1. The van der Waals surface area contributed by atoms with Crippen LogP contribution in [0.3, 0.4) is 0 Å². The van der Waals surface area contributed by atoms with Gasteiger partial charge in [0.2, 0.25) is 0 Å². The van der Waals surface area contributed by atoms with Gasteiger partial charge in [-0.3, -0.25) is 4.99 Å². The molecule has 6 nitrogen and oxygen atoms in total. The summed E-state index contributed by atoms with van der Waals surface area (Å²) in [5, 5.41) is 5.41. The van der Waals surface area contributed by atoms with Crippen molar-refractivity contribution in [2.45, 2.75) is 13.0 Å². The third-order valence-electron chi connectivity index (χ3n) is 3.97. The van der Waals surface area contributed by atoms with Crippen molar-refractivity contribution in [3.05, 3.63) is 51.7 Å². The Morgan fingerprint density at radius 3 is 2.67 bits per heavy atom. The number of carbonyl (C=O) groups excluding carboxylic acids is 1. The number of guanidine groups is 1. The molecule has 0 unspecified atom stereocenters. The maximum absolute atomic E-state index is 11.9. The summed E-state index contributed by atoms with van der Waals surface area (Å²) >= 11 is 1.76. The van der Waals surface area contributed by atoms with Crippen molar-refractivity contribution in [1.29, 1.82) is 0 Å². The molecular weight excluding hydrogens is 477 g/mol. The van der Waals surface area contributed by atoms with E-state index in [0.717, 1.165) is 24.5 Å². The summed E-state index contributed by atoms with van der Waals surface area (Å²) in [6.07, 6.45) is 0.976. The number of methoxy groups -OCH3 is 2. The van der Waals surface area contributed by atoms with Crippen LogP contribution in [-0.2, 0) is 17.7 Å². The van der Waals surface area contributed by atoms with Gasteiger partial charge in [0.1, 0.15) is 11.3 Å². The second-order valence-electron chi connectivity index (χ2n) is 5.68. The van der Waals surface area contributed by atoms with Crippen LogP contribution in [-0.4, -0.2) is 51.7 Å². The average Bonchev–Trinajstić information content (AvgIpc) is 3.19. The van der Waals surface area contributed by atoms with Crippen LogP contribution in [0.5, 0.6) is 5.75 Å². The van der Waals surface area contributed by atoms with Gasteiger partial charge in [0.15, 0.2) is 5.96 Å². The lowest BCUT2D eigenvalue weighted by Crippen LogP contribution is -2.39. The lowest BCUT2D eigenvalue weighted by Gasteiger charge is -2.22. The number of carbonyl (C=O) groups is 1. The van der Waals surface area contributed by atoms with Gasteiger partial charge in [-0.1, -0.05) is 12.1 Å². The second-order valence-corrected chi connectivity index (χ2v) is 6.71. The van der Waals surface area contributed by atoms with E-state index in [9.17, 15) is 4.79 Å². The van der Waals surface area contributed by atoms with Gasteiger partial charge in [0, 0.05) is 32.1 Å².